The van der Waals surface area contributed by atoms with E-state index in [0.717, 1.165) is 17.8 Å². The van der Waals surface area contributed by atoms with Gasteiger partial charge in [0, 0.05) is 18.2 Å². The zero-order valence-corrected chi connectivity index (χ0v) is 12.8. The molecule has 0 aromatic carbocycles. The van der Waals surface area contributed by atoms with Crippen LogP contribution in [0.1, 0.15) is 31.2 Å². The van der Waals surface area contributed by atoms with Gasteiger partial charge in [-0.3, -0.25) is 4.98 Å². The maximum Gasteiger partial charge on any atom is 0.154 e. The number of rotatable bonds is 5. The minimum absolute atomic E-state index is 0.0407. The first-order valence-corrected chi connectivity index (χ1v) is 8.81. The number of hydrogen-bond donors (Lipinski definition) is 1. The molecule has 6 heteroatoms. The molecule has 5 nitrogen and oxygen atoms in total. The lowest BCUT2D eigenvalue weighted by Gasteiger charge is -2.17. The van der Waals surface area contributed by atoms with Gasteiger partial charge in [-0.2, -0.15) is 0 Å². The van der Waals surface area contributed by atoms with Crippen molar-refractivity contribution in [2.45, 2.75) is 45.3 Å². The standard InChI is InChI=1S/C14H22N2O3S/c1-3-11(15)8-13-14(5-4-10(2)16-13)19-12-6-7-20(17,18)9-12/h4-5,11-12H,3,6-9,15H2,1-2H3. The van der Waals surface area contributed by atoms with E-state index in [0.29, 0.717) is 18.6 Å². The predicted molar refractivity (Wildman–Crippen MR) is 78.6 cm³/mol. The highest BCUT2D eigenvalue weighted by molar-refractivity contribution is 7.91. The van der Waals surface area contributed by atoms with Gasteiger partial charge in [-0.1, -0.05) is 6.92 Å². The molecule has 0 radical (unpaired) electrons. The van der Waals surface area contributed by atoms with Gasteiger partial charge in [0.15, 0.2) is 9.84 Å². The SMILES string of the molecule is CCC(N)Cc1nc(C)ccc1OC1CCS(=O)(=O)C1. The number of sulfone groups is 1. The maximum atomic E-state index is 11.5. The Bertz CT molecular complexity index is 572. The van der Waals surface area contributed by atoms with Crippen LogP contribution in [-0.4, -0.2) is 37.1 Å². The van der Waals surface area contributed by atoms with Gasteiger partial charge in [0.25, 0.3) is 0 Å². The van der Waals surface area contributed by atoms with Crippen molar-refractivity contribution in [3.63, 3.8) is 0 Å². The van der Waals surface area contributed by atoms with Crippen LogP contribution in [0.5, 0.6) is 5.75 Å². The summed E-state index contributed by atoms with van der Waals surface area (Å²) in [5.41, 5.74) is 7.72. The summed E-state index contributed by atoms with van der Waals surface area (Å²) in [5.74, 6) is 0.975. The quantitative estimate of drug-likeness (QED) is 0.884. The first-order chi connectivity index (χ1) is 9.39. The fraction of sp³-hybridized carbons (Fsp3) is 0.643. The second-order valence-corrected chi connectivity index (χ2v) is 7.64. The van der Waals surface area contributed by atoms with Crippen molar-refractivity contribution < 1.29 is 13.2 Å². The van der Waals surface area contributed by atoms with Gasteiger partial charge in [-0.25, -0.2) is 8.42 Å². The van der Waals surface area contributed by atoms with E-state index in [1.165, 1.54) is 0 Å². The van der Waals surface area contributed by atoms with Crippen LogP contribution >= 0.6 is 0 Å². The predicted octanol–water partition coefficient (Wildman–Crippen LogP) is 1.24. The summed E-state index contributed by atoms with van der Waals surface area (Å²) in [5, 5.41) is 0. The van der Waals surface area contributed by atoms with E-state index in [-0.39, 0.29) is 23.7 Å². The highest BCUT2D eigenvalue weighted by Crippen LogP contribution is 2.24. The van der Waals surface area contributed by atoms with Gasteiger partial charge in [-0.15, -0.1) is 0 Å². The molecule has 20 heavy (non-hydrogen) atoms. The molecule has 0 amide bonds. The van der Waals surface area contributed by atoms with Crippen molar-refractivity contribution in [1.29, 1.82) is 0 Å². The van der Waals surface area contributed by atoms with Crippen LogP contribution in [0.15, 0.2) is 12.1 Å². The van der Waals surface area contributed by atoms with E-state index in [4.69, 9.17) is 10.5 Å². The van der Waals surface area contributed by atoms with Gasteiger partial charge in [0.1, 0.15) is 11.9 Å². The van der Waals surface area contributed by atoms with Gasteiger partial charge < -0.3 is 10.5 Å². The number of ether oxygens (including phenoxy) is 1. The molecule has 1 aromatic heterocycles. The summed E-state index contributed by atoms with van der Waals surface area (Å²) in [6.45, 7) is 3.95. The number of pyridine rings is 1. The highest BCUT2D eigenvalue weighted by atomic mass is 32.2. The van der Waals surface area contributed by atoms with E-state index < -0.39 is 9.84 Å². The third kappa shape index (κ3) is 3.93. The van der Waals surface area contributed by atoms with Crippen molar-refractivity contribution in [3.8, 4) is 5.75 Å². The maximum absolute atomic E-state index is 11.5. The Balaban J connectivity index is 2.14. The summed E-state index contributed by atoms with van der Waals surface area (Å²) in [7, 11) is -2.93. The van der Waals surface area contributed by atoms with Crippen molar-refractivity contribution >= 4 is 9.84 Å². The monoisotopic (exact) mass is 298 g/mol. The zero-order valence-electron chi connectivity index (χ0n) is 12.0. The minimum Gasteiger partial charge on any atom is -0.487 e. The number of nitrogens with zero attached hydrogens (tertiary/aromatic N) is 1. The normalized spacial score (nSPS) is 22.6. The Morgan fingerprint density at radius 1 is 1.50 bits per heavy atom. The molecule has 2 heterocycles. The number of nitrogens with two attached hydrogens (primary N) is 1. The Kier molecular flexibility index (Phi) is 4.65. The van der Waals surface area contributed by atoms with Crippen molar-refractivity contribution in [2.24, 2.45) is 5.73 Å². The van der Waals surface area contributed by atoms with Crippen molar-refractivity contribution in [3.05, 3.63) is 23.5 Å². The molecule has 2 rings (SSSR count). The summed E-state index contributed by atoms with van der Waals surface area (Å²) >= 11 is 0. The summed E-state index contributed by atoms with van der Waals surface area (Å²) in [6, 6.07) is 3.78. The number of aryl methyl sites for hydroxylation is 1. The van der Waals surface area contributed by atoms with E-state index in [9.17, 15) is 8.42 Å². The third-order valence-electron chi connectivity index (χ3n) is 3.54. The Labute approximate surface area is 120 Å². The summed E-state index contributed by atoms with van der Waals surface area (Å²) in [4.78, 5) is 4.49. The average Bonchev–Trinajstić information content (AvgIpc) is 2.72. The molecule has 2 atom stereocenters. The van der Waals surface area contributed by atoms with Crippen LogP contribution in [0.2, 0.25) is 0 Å². The van der Waals surface area contributed by atoms with Crippen LogP contribution in [0.3, 0.4) is 0 Å². The molecule has 2 N–H and O–H groups in total. The largest absolute Gasteiger partial charge is 0.487 e. The first kappa shape index (κ1) is 15.3. The summed E-state index contributed by atoms with van der Waals surface area (Å²) < 4.78 is 28.8. The second-order valence-electron chi connectivity index (χ2n) is 5.41. The van der Waals surface area contributed by atoms with Crippen LogP contribution in [0.4, 0.5) is 0 Å². The molecule has 0 aliphatic carbocycles. The number of hydrogen-bond acceptors (Lipinski definition) is 5. The lowest BCUT2D eigenvalue weighted by molar-refractivity contribution is 0.225. The molecule has 1 aromatic rings. The third-order valence-corrected chi connectivity index (χ3v) is 5.27. The second kappa shape index (κ2) is 6.10. The zero-order chi connectivity index (χ0) is 14.8. The van der Waals surface area contributed by atoms with E-state index >= 15 is 0 Å². The minimum atomic E-state index is -2.93. The molecular weight excluding hydrogens is 276 g/mol. The van der Waals surface area contributed by atoms with Crippen molar-refractivity contribution in [1.82, 2.24) is 4.98 Å². The highest BCUT2D eigenvalue weighted by Gasteiger charge is 2.30. The van der Waals surface area contributed by atoms with Crippen LogP contribution in [0.25, 0.3) is 0 Å². The van der Waals surface area contributed by atoms with Crippen LogP contribution < -0.4 is 10.5 Å². The Hall–Kier alpha value is -1.14. The van der Waals surface area contributed by atoms with Gasteiger partial charge in [-0.05, 0) is 31.9 Å². The van der Waals surface area contributed by atoms with E-state index in [2.05, 4.69) is 4.98 Å². The fourth-order valence-electron chi connectivity index (χ4n) is 2.28. The molecule has 1 aliphatic rings. The molecule has 1 saturated heterocycles. The Morgan fingerprint density at radius 2 is 2.25 bits per heavy atom. The topological polar surface area (TPSA) is 82.3 Å². The molecule has 1 fully saturated rings. The van der Waals surface area contributed by atoms with Crippen LogP contribution in [-0.2, 0) is 16.3 Å². The van der Waals surface area contributed by atoms with Crippen molar-refractivity contribution in [2.75, 3.05) is 11.5 Å². The molecule has 2 unspecified atom stereocenters. The van der Waals surface area contributed by atoms with E-state index in [1.54, 1.807) is 0 Å². The lowest BCUT2D eigenvalue weighted by Crippen LogP contribution is -2.24. The lowest BCUT2D eigenvalue weighted by atomic mass is 10.1. The first-order valence-electron chi connectivity index (χ1n) is 6.99. The van der Waals surface area contributed by atoms with Gasteiger partial charge >= 0.3 is 0 Å². The molecule has 0 saturated carbocycles. The van der Waals surface area contributed by atoms with Gasteiger partial charge in [0.05, 0.1) is 17.2 Å². The fourth-order valence-corrected chi connectivity index (χ4v) is 3.87. The molecule has 0 spiro atoms. The summed E-state index contributed by atoms with van der Waals surface area (Å²) in [6.07, 6.45) is 1.80. The molecule has 112 valence electrons. The van der Waals surface area contributed by atoms with E-state index in [1.807, 2.05) is 26.0 Å². The molecular formula is C14H22N2O3S. The Morgan fingerprint density at radius 3 is 2.85 bits per heavy atom. The molecule has 0 bridgehead atoms. The smallest absolute Gasteiger partial charge is 0.154 e. The molecule has 1 aliphatic heterocycles. The average molecular weight is 298 g/mol. The van der Waals surface area contributed by atoms with Gasteiger partial charge in [0.2, 0.25) is 0 Å². The number of aromatic nitrogens is 1. The van der Waals surface area contributed by atoms with Crippen LogP contribution in [0, 0.1) is 6.92 Å².